The summed E-state index contributed by atoms with van der Waals surface area (Å²) in [7, 11) is 0. The van der Waals surface area contributed by atoms with Gasteiger partial charge in [-0.15, -0.1) is 0 Å². The molecule has 1 aromatic rings. The molecule has 0 fully saturated rings. The second-order valence-electron chi connectivity index (χ2n) is 4.34. The van der Waals surface area contributed by atoms with Crippen molar-refractivity contribution in [1.82, 2.24) is 0 Å². The molecule has 0 radical (unpaired) electrons. The van der Waals surface area contributed by atoms with Crippen LogP contribution in [0.2, 0.25) is 0 Å². The largest absolute Gasteiger partial charge is 0.326 e. The van der Waals surface area contributed by atoms with Gasteiger partial charge >= 0.3 is 0 Å². The van der Waals surface area contributed by atoms with Crippen molar-refractivity contribution in [2.75, 3.05) is 5.32 Å². The summed E-state index contributed by atoms with van der Waals surface area (Å²) in [6, 6.07) is 7.67. The maximum atomic E-state index is 11.8. The number of hydrogen-bond acceptors (Lipinski definition) is 1. The highest BCUT2D eigenvalue weighted by Gasteiger charge is 2.09. The highest BCUT2D eigenvalue weighted by atomic mass is 79.9. The zero-order valence-corrected chi connectivity index (χ0v) is 11.3. The number of amides is 1. The van der Waals surface area contributed by atoms with Crippen LogP contribution in [0.15, 0.2) is 40.4 Å². The molecule has 0 saturated carbocycles. The molecule has 0 bridgehead atoms. The number of hydrogen-bond donors (Lipinski definition) is 1. The van der Waals surface area contributed by atoms with E-state index in [0.29, 0.717) is 6.42 Å². The summed E-state index contributed by atoms with van der Waals surface area (Å²) < 4.78 is 0.979. The van der Waals surface area contributed by atoms with E-state index in [2.05, 4.69) is 27.3 Å². The second-order valence-corrected chi connectivity index (χ2v) is 5.26. The fourth-order valence-corrected chi connectivity index (χ4v) is 2.44. The number of rotatable bonds is 3. The Balaban J connectivity index is 1.91. The van der Waals surface area contributed by atoms with Gasteiger partial charge in [-0.05, 0) is 43.9 Å². The summed E-state index contributed by atoms with van der Waals surface area (Å²) in [4.78, 5) is 11.8. The number of nitrogens with one attached hydrogen (secondary N) is 1. The zero-order chi connectivity index (χ0) is 12.1. The van der Waals surface area contributed by atoms with Gasteiger partial charge in [0.15, 0.2) is 0 Å². The van der Waals surface area contributed by atoms with E-state index < -0.39 is 0 Å². The third-order valence-corrected chi connectivity index (χ3v) is 3.37. The molecule has 90 valence electrons. The van der Waals surface area contributed by atoms with E-state index in [1.165, 1.54) is 18.4 Å². The average Bonchev–Trinajstić information content (AvgIpc) is 2.30. The van der Waals surface area contributed by atoms with Gasteiger partial charge in [0, 0.05) is 16.6 Å². The maximum absolute atomic E-state index is 11.8. The van der Waals surface area contributed by atoms with Crippen LogP contribution < -0.4 is 5.32 Å². The molecule has 1 aliphatic carbocycles. The number of benzene rings is 1. The van der Waals surface area contributed by atoms with E-state index in [9.17, 15) is 4.79 Å². The van der Waals surface area contributed by atoms with Crippen molar-refractivity contribution in [2.45, 2.75) is 32.1 Å². The highest BCUT2D eigenvalue weighted by molar-refractivity contribution is 9.10. The predicted molar refractivity (Wildman–Crippen MR) is 73.9 cm³/mol. The van der Waals surface area contributed by atoms with E-state index in [-0.39, 0.29) is 5.91 Å². The van der Waals surface area contributed by atoms with Crippen LogP contribution >= 0.6 is 15.9 Å². The first-order valence-electron chi connectivity index (χ1n) is 5.97. The topological polar surface area (TPSA) is 29.1 Å². The third kappa shape index (κ3) is 4.00. The average molecular weight is 294 g/mol. The molecule has 0 aliphatic heterocycles. The molecule has 1 aliphatic rings. The summed E-state index contributed by atoms with van der Waals surface area (Å²) in [6.45, 7) is 0. The molecular formula is C14H16BrNO. The van der Waals surface area contributed by atoms with Gasteiger partial charge in [-0.3, -0.25) is 4.79 Å². The number of halogens is 1. The Labute approximate surface area is 110 Å². The van der Waals surface area contributed by atoms with Gasteiger partial charge < -0.3 is 5.32 Å². The molecule has 0 unspecified atom stereocenters. The minimum Gasteiger partial charge on any atom is -0.326 e. The van der Waals surface area contributed by atoms with Crippen LogP contribution in [0.25, 0.3) is 0 Å². The van der Waals surface area contributed by atoms with E-state index >= 15 is 0 Å². The molecule has 0 saturated heterocycles. The fraction of sp³-hybridized carbons (Fsp3) is 0.357. The molecular weight excluding hydrogens is 278 g/mol. The first-order chi connectivity index (χ1) is 8.24. The Morgan fingerprint density at radius 2 is 2.24 bits per heavy atom. The van der Waals surface area contributed by atoms with Crippen LogP contribution in [0.4, 0.5) is 5.69 Å². The van der Waals surface area contributed by atoms with Gasteiger partial charge in [-0.1, -0.05) is 33.6 Å². The van der Waals surface area contributed by atoms with Crippen molar-refractivity contribution >= 4 is 27.5 Å². The molecule has 2 nitrogen and oxygen atoms in total. The lowest BCUT2D eigenvalue weighted by Crippen LogP contribution is -2.12. The smallest absolute Gasteiger partial charge is 0.228 e. The minimum absolute atomic E-state index is 0.0799. The second kappa shape index (κ2) is 6.01. The van der Waals surface area contributed by atoms with Gasteiger partial charge in [0.1, 0.15) is 0 Å². The monoisotopic (exact) mass is 293 g/mol. The molecule has 1 N–H and O–H groups in total. The van der Waals surface area contributed by atoms with Crippen molar-refractivity contribution < 1.29 is 4.79 Å². The van der Waals surface area contributed by atoms with Crippen LogP contribution in [0.1, 0.15) is 32.1 Å². The van der Waals surface area contributed by atoms with Crippen LogP contribution in [-0.4, -0.2) is 5.91 Å². The van der Waals surface area contributed by atoms with Crippen molar-refractivity contribution in [3.63, 3.8) is 0 Å². The Morgan fingerprint density at radius 3 is 2.94 bits per heavy atom. The quantitative estimate of drug-likeness (QED) is 0.828. The minimum atomic E-state index is 0.0799. The summed E-state index contributed by atoms with van der Waals surface area (Å²) in [5.41, 5.74) is 2.13. The number of carbonyl (C=O) groups excluding carboxylic acids is 1. The normalized spacial score (nSPS) is 15.2. The Kier molecular flexibility index (Phi) is 4.37. The molecule has 17 heavy (non-hydrogen) atoms. The van der Waals surface area contributed by atoms with Crippen molar-refractivity contribution in [2.24, 2.45) is 0 Å². The number of anilines is 1. The Hall–Kier alpha value is -1.09. The molecule has 0 aromatic heterocycles. The molecule has 0 atom stereocenters. The highest BCUT2D eigenvalue weighted by Crippen LogP contribution is 2.21. The lowest BCUT2D eigenvalue weighted by atomic mass is 9.97. The molecule has 1 aromatic carbocycles. The third-order valence-electron chi connectivity index (χ3n) is 2.88. The van der Waals surface area contributed by atoms with Crippen molar-refractivity contribution in [3.05, 3.63) is 40.4 Å². The Morgan fingerprint density at radius 1 is 1.35 bits per heavy atom. The fourth-order valence-electron chi connectivity index (χ4n) is 2.04. The molecule has 3 heteroatoms. The summed E-state index contributed by atoms with van der Waals surface area (Å²) in [5, 5.41) is 2.92. The molecule has 0 spiro atoms. The van der Waals surface area contributed by atoms with Gasteiger partial charge in [0.2, 0.25) is 5.91 Å². The van der Waals surface area contributed by atoms with Gasteiger partial charge in [0.05, 0.1) is 0 Å². The van der Waals surface area contributed by atoms with Gasteiger partial charge in [-0.2, -0.15) is 0 Å². The van der Waals surface area contributed by atoms with E-state index in [0.717, 1.165) is 23.0 Å². The van der Waals surface area contributed by atoms with Crippen LogP contribution in [0, 0.1) is 0 Å². The first kappa shape index (κ1) is 12.4. The van der Waals surface area contributed by atoms with Gasteiger partial charge in [0.25, 0.3) is 0 Å². The molecule has 1 amide bonds. The number of carbonyl (C=O) groups is 1. The zero-order valence-electron chi connectivity index (χ0n) is 9.71. The van der Waals surface area contributed by atoms with E-state index in [1.807, 2.05) is 24.3 Å². The van der Waals surface area contributed by atoms with Crippen LogP contribution in [0.3, 0.4) is 0 Å². The standard InChI is InChI=1S/C14H16BrNO/c15-12-7-4-8-13(10-12)16-14(17)9-11-5-2-1-3-6-11/h4-5,7-8,10H,1-3,6,9H2,(H,16,17). The molecule has 0 heterocycles. The van der Waals surface area contributed by atoms with Crippen LogP contribution in [-0.2, 0) is 4.79 Å². The predicted octanol–water partition coefficient (Wildman–Crippen LogP) is 4.28. The van der Waals surface area contributed by atoms with Crippen molar-refractivity contribution in [1.29, 1.82) is 0 Å². The maximum Gasteiger partial charge on any atom is 0.228 e. The first-order valence-corrected chi connectivity index (χ1v) is 6.77. The van der Waals surface area contributed by atoms with Crippen LogP contribution in [0.5, 0.6) is 0 Å². The summed E-state index contributed by atoms with van der Waals surface area (Å²) in [6.07, 6.45) is 7.43. The van der Waals surface area contributed by atoms with E-state index in [4.69, 9.17) is 0 Å². The summed E-state index contributed by atoms with van der Waals surface area (Å²) >= 11 is 3.39. The number of allylic oxidation sites excluding steroid dienone is 1. The van der Waals surface area contributed by atoms with Gasteiger partial charge in [-0.25, -0.2) is 0 Å². The van der Waals surface area contributed by atoms with Crippen molar-refractivity contribution in [3.8, 4) is 0 Å². The SMILES string of the molecule is O=C(CC1=CCCCC1)Nc1cccc(Br)c1. The lowest BCUT2D eigenvalue weighted by Gasteiger charge is -2.12. The summed E-state index contributed by atoms with van der Waals surface area (Å²) in [5.74, 6) is 0.0799. The molecule has 2 rings (SSSR count). The van der Waals surface area contributed by atoms with E-state index in [1.54, 1.807) is 0 Å². The Bertz CT molecular complexity index is 440. The lowest BCUT2D eigenvalue weighted by molar-refractivity contribution is -0.115.